The number of carbonyl (C=O) groups excluding carboxylic acids is 2. The van der Waals surface area contributed by atoms with Crippen LogP contribution in [0.15, 0.2) is 12.3 Å². The molecule has 146 valence electrons. The first-order valence-corrected chi connectivity index (χ1v) is 7.55. The molecule has 1 amide bonds. The molecule has 0 fully saturated rings. The van der Waals surface area contributed by atoms with Crippen molar-refractivity contribution < 1.29 is 37.0 Å². The number of ether oxygens (including phenoxy) is 3. The quantitative estimate of drug-likeness (QED) is 0.793. The number of aromatic nitrogens is 1. The Balaban J connectivity index is 3.02. The second kappa shape index (κ2) is 8.24. The summed E-state index contributed by atoms with van der Waals surface area (Å²) in [5.74, 6) is -1.27. The van der Waals surface area contributed by atoms with Crippen LogP contribution in [0, 0.1) is 0 Å². The van der Waals surface area contributed by atoms with Gasteiger partial charge in [-0.3, -0.25) is 0 Å². The van der Waals surface area contributed by atoms with Crippen molar-refractivity contribution in [2.24, 2.45) is 0 Å². The minimum Gasteiger partial charge on any atom is -0.494 e. The van der Waals surface area contributed by atoms with Gasteiger partial charge in [-0.25, -0.2) is 14.6 Å². The van der Waals surface area contributed by atoms with Crippen LogP contribution in [-0.2, 0) is 26.9 Å². The number of nitrogens with zero attached hydrogens (tertiary/aromatic N) is 1. The van der Waals surface area contributed by atoms with Crippen molar-refractivity contribution in [3.05, 3.63) is 23.5 Å². The first kappa shape index (κ1) is 21.5. The lowest BCUT2D eigenvalue weighted by Crippen LogP contribution is -2.45. The van der Waals surface area contributed by atoms with E-state index in [4.69, 9.17) is 9.47 Å². The number of amides is 1. The number of hydrogen-bond donors (Lipinski definition) is 1. The summed E-state index contributed by atoms with van der Waals surface area (Å²) in [4.78, 5) is 27.1. The monoisotopic (exact) mass is 378 g/mol. The second-order valence-electron chi connectivity index (χ2n) is 6.32. The molecule has 0 spiro atoms. The summed E-state index contributed by atoms with van der Waals surface area (Å²) in [5.41, 5.74) is -1.73. The van der Waals surface area contributed by atoms with Gasteiger partial charge in [0.15, 0.2) is 5.69 Å². The predicted molar refractivity (Wildman–Crippen MR) is 84.7 cm³/mol. The summed E-state index contributed by atoms with van der Waals surface area (Å²) in [6, 6.07) is -0.0687. The second-order valence-corrected chi connectivity index (χ2v) is 6.32. The van der Waals surface area contributed by atoms with E-state index >= 15 is 0 Å². The number of carbonyl (C=O) groups is 2. The van der Waals surface area contributed by atoms with Crippen LogP contribution in [0.4, 0.5) is 18.0 Å². The molecular weight excluding hydrogens is 357 g/mol. The summed E-state index contributed by atoms with van der Waals surface area (Å²) < 4.78 is 52.9. The Morgan fingerprint density at radius 3 is 2.31 bits per heavy atom. The Bertz CT molecular complexity index is 656. The van der Waals surface area contributed by atoms with Gasteiger partial charge in [0.1, 0.15) is 17.4 Å². The number of pyridine rings is 1. The Kier molecular flexibility index (Phi) is 6.82. The molecule has 0 aliphatic rings. The molecule has 1 rings (SSSR count). The van der Waals surface area contributed by atoms with Crippen molar-refractivity contribution in [3.8, 4) is 5.75 Å². The molecule has 26 heavy (non-hydrogen) atoms. The lowest BCUT2D eigenvalue weighted by Gasteiger charge is -2.22. The van der Waals surface area contributed by atoms with Gasteiger partial charge in [0.2, 0.25) is 0 Å². The Hall–Kier alpha value is -2.52. The van der Waals surface area contributed by atoms with Crippen LogP contribution in [0.3, 0.4) is 0 Å². The first-order chi connectivity index (χ1) is 11.9. The van der Waals surface area contributed by atoms with Gasteiger partial charge in [-0.05, 0) is 32.4 Å². The molecule has 0 saturated carbocycles. The maximum atomic E-state index is 12.9. The number of alkyl carbamates (subject to hydrolysis) is 1. The normalized spacial score (nSPS) is 12.9. The highest BCUT2D eigenvalue weighted by Gasteiger charge is 2.36. The Morgan fingerprint density at radius 2 is 1.85 bits per heavy atom. The number of alkyl halides is 3. The highest BCUT2D eigenvalue weighted by Crippen LogP contribution is 2.34. The number of methoxy groups -OCH3 is 2. The van der Waals surface area contributed by atoms with E-state index in [0.29, 0.717) is 0 Å². The van der Waals surface area contributed by atoms with E-state index in [9.17, 15) is 22.8 Å². The number of rotatable bonds is 5. The molecule has 1 aromatic rings. The van der Waals surface area contributed by atoms with E-state index in [-0.39, 0.29) is 12.0 Å². The van der Waals surface area contributed by atoms with Gasteiger partial charge in [0.05, 0.1) is 14.2 Å². The molecule has 1 heterocycles. The van der Waals surface area contributed by atoms with Crippen molar-refractivity contribution in [2.45, 2.75) is 45.0 Å². The number of halogens is 3. The van der Waals surface area contributed by atoms with Crippen LogP contribution in [0.5, 0.6) is 5.75 Å². The smallest absolute Gasteiger partial charge is 0.437 e. The average molecular weight is 378 g/mol. The zero-order chi connectivity index (χ0) is 20.1. The molecule has 10 heteroatoms. The topological polar surface area (TPSA) is 86.8 Å². The Labute approximate surface area is 148 Å². The number of hydrogen-bond acceptors (Lipinski definition) is 6. The van der Waals surface area contributed by atoms with E-state index in [1.54, 1.807) is 20.8 Å². The minimum atomic E-state index is -4.68. The molecule has 0 aliphatic carbocycles. The molecule has 0 unspecified atom stereocenters. The van der Waals surface area contributed by atoms with Crippen molar-refractivity contribution in [2.75, 3.05) is 14.2 Å². The third-order valence-corrected chi connectivity index (χ3v) is 3.01. The van der Waals surface area contributed by atoms with Crippen LogP contribution in [0.2, 0.25) is 0 Å². The van der Waals surface area contributed by atoms with Crippen LogP contribution >= 0.6 is 0 Å². The fraction of sp³-hybridized carbons (Fsp3) is 0.562. The molecule has 0 bridgehead atoms. The van der Waals surface area contributed by atoms with Crippen molar-refractivity contribution in [3.63, 3.8) is 0 Å². The highest BCUT2D eigenvalue weighted by molar-refractivity contribution is 5.81. The summed E-state index contributed by atoms with van der Waals surface area (Å²) >= 11 is 0. The zero-order valence-corrected chi connectivity index (χ0v) is 15.1. The molecular formula is C16H21F3N2O5. The van der Waals surface area contributed by atoms with Gasteiger partial charge in [-0.15, -0.1) is 0 Å². The van der Waals surface area contributed by atoms with Crippen molar-refractivity contribution in [1.29, 1.82) is 0 Å². The molecule has 1 N–H and O–H groups in total. The summed E-state index contributed by atoms with van der Waals surface area (Å²) in [5, 5.41) is 2.33. The van der Waals surface area contributed by atoms with Gasteiger partial charge in [0, 0.05) is 12.6 Å². The van der Waals surface area contributed by atoms with E-state index in [0.717, 1.165) is 26.5 Å². The number of esters is 1. The van der Waals surface area contributed by atoms with Gasteiger partial charge < -0.3 is 19.5 Å². The largest absolute Gasteiger partial charge is 0.494 e. The predicted octanol–water partition coefficient (Wildman–Crippen LogP) is 2.72. The maximum Gasteiger partial charge on any atom is 0.437 e. The lowest BCUT2D eigenvalue weighted by atomic mass is 10.1. The minimum absolute atomic E-state index is 0.159. The molecule has 0 saturated heterocycles. The maximum absolute atomic E-state index is 12.9. The van der Waals surface area contributed by atoms with E-state index < -0.39 is 41.3 Å². The van der Waals surface area contributed by atoms with Crippen LogP contribution in [0.25, 0.3) is 0 Å². The molecule has 1 aromatic heterocycles. The van der Waals surface area contributed by atoms with Gasteiger partial charge in [-0.2, -0.15) is 13.2 Å². The molecule has 7 nitrogen and oxygen atoms in total. The first-order valence-electron chi connectivity index (χ1n) is 7.55. The SMILES string of the molecule is COC(=O)[C@@H](Cc1cnc(C(F)(F)F)c(OC)c1)NC(=O)OC(C)(C)C. The summed E-state index contributed by atoms with van der Waals surface area (Å²) in [6.07, 6.45) is -4.74. The van der Waals surface area contributed by atoms with Crippen LogP contribution in [0.1, 0.15) is 32.0 Å². The van der Waals surface area contributed by atoms with Crippen molar-refractivity contribution in [1.82, 2.24) is 10.3 Å². The van der Waals surface area contributed by atoms with Gasteiger partial charge in [-0.1, -0.05) is 0 Å². The van der Waals surface area contributed by atoms with E-state index in [1.165, 1.54) is 0 Å². The fourth-order valence-corrected chi connectivity index (χ4v) is 1.99. The zero-order valence-electron chi connectivity index (χ0n) is 15.1. The van der Waals surface area contributed by atoms with E-state index in [1.807, 2.05) is 0 Å². The van der Waals surface area contributed by atoms with E-state index in [2.05, 4.69) is 15.0 Å². The third kappa shape index (κ3) is 6.41. The molecule has 0 aromatic carbocycles. The molecule has 0 radical (unpaired) electrons. The van der Waals surface area contributed by atoms with Gasteiger partial charge >= 0.3 is 18.2 Å². The Morgan fingerprint density at radius 1 is 1.23 bits per heavy atom. The fourth-order valence-electron chi connectivity index (χ4n) is 1.99. The van der Waals surface area contributed by atoms with Gasteiger partial charge in [0.25, 0.3) is 0 Å². The van der Waals surface area contributed by atoms with Crippen LogP contribution in [-0.4, -0.2) is 42.9 Å². The summed E-state index contributed by atoms with van der Waals surface area (Å²) in [7, 11) is 2.20. The average Bonchev–Trinajstić information content (AvgIpc) is 2.50. The number of nitrogens with one attached hydrogen (secondary N) is 1. The molecule has 1 atom stereocenters. The third-order valence-electron chi connectivity index (χ3n) is 3.01. The van der Waals surface area contributed by atoms with Crippen LogP contribution < -0.4 is 10.1 Å². The standard InChI is InChI=1S/C16H21F3N2O5/c1-15(2,3)26-14(23)21-10(13(22)25-5)6-9-7-11(24-4)12(20-8-9)16(17,18)19/h7-8,10H,6H2,1-5H3,(H,21,23)/t10-/m1/s1. The summed E-state index contributed by atoms with van der Waals surface area (Å²) in [6.45, 7) is 4.93. The van der Waals surface area contributed by atoms with Crippen molar-refractivity contribution >= 4 is 12.1 Å². The molecule has 0 aliphatic heterocycles. The lowest BCUT2D eigenvalue weighted by molar-refractivity contribution is -0.143. The highest BCUT2D eigenvalue weighted by atomic mass is 19.4.